The second-order valence-electron chi connectivity index (χ2n) is 4.78. The third kappa shape index (κ3) is 3.02. The van der Waals surface area contributed by atoms with Gasteiger partial charge in [0.1, 0.15) is 0 Å². The molecule has 0 aromatic carbocycles. The Kier molecular flexibility index (Phi) is 4.46. The first-order valence-electron chi connectivity index (χ1n) is 6.09. The van der Waals surface area contributed by atoms with Gasteiger partial charge >= 0.3 is 0 Å². The third-order valence-corrected chi connectivity index (χ3v) is 4.90. The monoisotopic (exact) mass is 271 g/mol. The van der Waals surface area contributed by atoms with E-state index >= 15 is 0 Å². The van der Waals surface area contributed by atoms with Crippen LogP contribution in [0.25, 0.3) is 0 Å². The second kappa shape index (κ2) is 5.87. The van der Waals surface area contributed by atoms with Gasteiger partial charge in [-0.1, -0.05) is 6.42 Å². The first-order chi connectivity index (χ1) is 8.22. The molecule has 1 heterocycles. The summed E-state index contributed by atoms with van der Waals surface area (Å²) in [5.41, 5.74) is 1.88. The molecule has 1 N–H and O–H groups in total. The van der Waals surface area contributed by atoms with E-state index in [9.17, 15) is 4.79 Å². The highest BCUT2D eigenvalue weighted by Gasteiger charge is 2.26. The molecule has 0 radical (unpaired) electrons. The van der Waals surface area contributed by atoms with Gasteiger partial charge in [-0.2, -0.15) is 11.3 Å². The van der Waals surface area contributed by atoms with Gasteiger partial charge < -0.3 is 5.32 Å². The number of hydrogen-bond donors (Lipinski definition) is 1. The molecule has 17 heavy (non-hydrogen) atoms. The number of nitrogens with one attached hydrogen (secondary N) is 1. The fraction of sp³-hybridized carbons (Fsp3) is 0.615. The van der Waals surface area contributed by atoms with E-state index in [1.54, 1.807) is 11.3 Å². The van der Waals surface area contributed by atoms with E-state index in [1.807, 2.05) is 17.7 Å². The minimum Gasteiger partial charge on any atom is -0.352 e. The fourth-order valence-corrected chi connectivity index (χ4v) is 3.73. The third-order valence-electron chi connectivity index (χ3n) is 3.64. The molecule has 0 aliphatic heterocycles. The zero-order valence-electron chi connectivity index (χ0n) is 10.0. The van der Waals surface area contributed by atoms with Gasteiger partial charge in [0.2, 0.25) is 0 Å². The van der Waals surface area contributed by atoms with Gasteiger partial charge in [-0.25, -0.2) is 0 Å². The summed E-state index contributed by atoms with van der Waals surface area (Å²) in [7, 11) is 0. The predicted molar refractivity (Wildman–Crippen MR) is 72.9 cm³/mol. The zero-order valence-corrected chi connectivity index (χ0v) is 11.6. The average molecular weight is 272 g/mol. The minimum absolute atomic E-state index is 0.0592. The molecule has 1 fully saturated rings. The van der Waals surface area contributed by atoms with Crippen LogP contribution >= 0.6 is 22.9 Å². The molecule has 2 unspecified atom stereocenters. The quantitative estimate of drug-likeness (QED) is 0.835. The lowest BCUT2D eigenvalue weighted by molar-refractivity contribution is 0.0944. The Morgan fingerprint density at radius 1 is 1.47 bits per heavy atom. The minimum atomic E-state index is 0.0592. The fourth-order valence-electron chi connectivity index (χ4n) is 2.50. The van der Waals surface area contributed by atoms with Gasteiger partial charge in [-0.3, -0.25) is 4.79 Å². The van der Waals surface area contributed by atoms with E-state index in [1.165, 1.54) is 19.3 Å². The Morgan fingerprint density at radius 2 is 2.24 bits per heavy atom. The number of alkyl halides is 1. The lowest BCUT2D eigenvalue weighted by atomic mass is 9.98. The van der Waals surface area contributed by atoms with E-state index in [4.69, 9.17) is 11.6 Å². The van der Waals surface area contributed by atoms with Crippen LogP contribution in [0.4, 0.5) is 0 Å². The summed E-state index contributed by atoms with van der Waals surface area (Å²) in [6, 6.07) is 0. The van der Waals surface area contributed by atoms with E-state index in [0.717, 1.165) is 23.6 Å². The number of amides is 1. The van der Waals surface area contributed by atoms with Crippen molar-refractivity contribution in [3.05, 3.63) is 21.9 Å². The number of carbonyl (C=O) groups is 1. The number of rotatable bonds is 4. The summed E-state index contributed by atoms with van der Waals surface area (Å²) >= 11 is 7.51. The molecule has 0 bridgehead atoms. The maximum Gasteiger partial charge on any atom is 0.252 e. The second-order valence-corrected chi connectivity index (χ2v) is 5.84. The first-order valence-corrected chi connectivity index (χ1v) is 7.57. The molecule has 1 amide bonds. The van der Waals surface area contributed by atoms with E-state index in [0.29, 0.717) is 11.8 Å². The highest BCUT2D eigenvalue weighted by molar-refractivity contribution is 7.08. The molecular formula is C13H18ClNOS. The topological polar surface area (TPSA) is 29.1 Å². The number of aryl methyl sites for hydroxylation is 1. The SMILES string of the molecule is Cc1cscc1C(=O)NCC1CCCC1CCl. The van der Waals surface area contributed by atoms with Crippen LogP contribution in [0.5, 0.6) is 0 Å². The van der Waals surface area contributed by atoms with Gasteiger partial charge in [0.05, 0.1) is 5.56 Å². The summed E-state index contributed by atoms with van der Waals surface area (Å²) in [5, 5.41) is 6.96. The van der Waals surface area contributed by atoms with Gasteiger partial charge in [-0.05, 0) is 42.5 Å². The van der Waals surface area contributed by atoms with Crippen LogP contribution < -0.4 is 5.32 Å². The maximum atomic E-state index is 11.9. The standard InChI is InChI=1S/C13H18ClNOS/c1-9-7-17-8-12(9)13(16)15-6-11-4-2-3-10(11)5-14/h7-8,10-11H,2-6H2,1H3,(H,15,16). The Hall–Kier alpha value is -0.540. The van der Waals surface area contributed by atoms with Crippen molar-refractivity contribution in [3.63, 3.8) is 0 Å². The molecule has 1 aromatic heterocycles. The van der Waals surface area contributed by atoms with Crippen molar-refractivity contribution in [1.82, 2.24) is 5.32 Å². The number of halogens is 1. The molecule has 1 saturated carbocycles. The molecule has 1 aromatic rings. The molecule has 2 nitrogen and oxygen atoms in total. The Bertz CT molecular complexity index is 391. The van der Waals surface area contributed by atoms with Crippen molar-refractivity contribution in [1.29, 1.82) is 0 Å². The van der Waals surface area contributed by atoms with E-state index in [2.05, 4.69) is 5.32 Å². The molecule has 1 aliphatic rings. The predicted octanol–water partition coefficient (Wildman–Crippen LogP) is 3.44. The van der Waals surface area contributed by atoms with Gasteiger partial charge in [0.25, 0.3) is 5.91 Å². The summed E-state index contributed by atoms with van der Waals surface area (Å²) < 4.78 is 0. The normalized spacial score (nSPS) is 23.9. The Balaban J connectivity index is 1.86. The van der Waals surface area contributed by atoms with E-state index < -0.39 is 0 Å². The number of hydrogen-bond acceptors (Lipinski definition) is 2. The lowest BCUT2D eigenvalue weighted by Crippen LogP contribution is -2.31. The molecule has 94 valence electrons. The van der Waals surface area contributed by atoms with Crippen molar-refractivity contribution in [2.75, 3.05) is 12.4 Å². The van der Waals surface area contributed by atoms with Crippen LogP contribution in [-0.2, 0) is 0 Å². The maximum absolute atomic E-state index is 11.9. The van der Waals surface area contributed by atoms with Crippen molar-refractivity contribution in [3.8, 4) is 0 Å². The molecule has 0 saturated heterocycles. The highest BCUT2D eigenvalue weighted by atomic mass is 35.5. The largest absolute Gasteiger partial charge is 0.352 e. The first kappa shape index (κ1) is 12.9. The van der Waals surface area contributed by atoms with Gasteiger partial charge in [-0.15, -0.1) is 11.6 Å². The molecule has 2 atom stereocenters. The number of carbonyl (C=O) groups excluding carboxylic acids is 1. The summed E-state index contributed by atoms with van der Waals surface area (Å²) in [6.45, 7) is 2.74. The summed E-state index contributed by atoms with van der Waals surface area (Å²) in [5.74, 6) is 1.93. The zero-order chi connectivity index (χ0) is 12.3. The van der Waals surface area contributed by atoms with Crippen LogP contribution in [0, 0.1) is 18.8 Å². The average Bonchev–Trinajstić information content (AvgIpc) is 2.94. The van der Waals surface area contributed by atoms with Crippen LogP contribution in [0.15, 0.2) is 10.8 Å². The smallest absolute Gasteiger partial charge is 0.252 e. The van der Waals surface area contributed by atoms with Crippen molar-refractivity contribution in [2.45, 2.75) is 26.2 Å². The molecule has 1 aliphatic carbocycles. The van der Waals surface area contributed by atoms with Crippen molar-refractivity contribution < 1.29 is 4.79 Å². The molecule has 0 spiro atoms. The Labute approximate surface area is 111 Å². The summed E-state index contributed by atoms with van der Waals surface area (Å²) in [4.78, 5) is 11.9. The summed E-state index contributed by atoms with van der Waals surface area (Å²) in [6.07, 6.45) is 3.65. The molecule has 2 rings (SSSR count). The molecular weight excluding hydrogens is 254 g/mol. The Morgan fingerprint density at radius 3 is 2.88 bits per heavy atom. The van der Waals surface area contributed by atoms with Crippen LogP contribution in [0.3, 0.4) is 0 Å². The van der Waals surface area contributed by atoms with Crippen molar-refractivity contribution >= 4 is 28.8 Å². The highest BCUT2D eigenvalue weighted by Crippen LogP contribution is 2.32. The van der Waals surface area contributed by atoms with Crippen LogP contribution in [-0.4, -0.2) is 18.3 Å². The number of thiophene rings is 1. The van der Waals surface area contributed by atoms with E-state index in [-0.39, 0.29) is 5.91 Å². The van der Waals surface area contributed by atoms with Gasteiger partial charge in [0, 0.05) is 17.8 Å². The lowest BCUT2D eigenvalue weighted by Gasteiger charge is -2.17. The molecule has 4 heteroatoms. The van der Waals surface area contributed by atoms with Crippen molar-refractivity contribution in [2.24, 2.45) is 11.8 Å². The van der Waals surface area contributed by atoms with Crippen LogP contribution in [0.2, 0.25) is 0 Å². The van der Waals surface area contributed by atoms with Gasteiger partial charge in [0.15, 0.2) is 0 Å². The van der Waals surface area contributed by atoms with Crippen LogP contribution in [0.1, 0.15) is 35.2 Å².